The van der Waals surface area contributed by atoms with Crippen LogP contribution in [0.4, 0.5) is 10.1 Å². The van der Waals surface area contributed by atoms with Crippen LogP contribution in [-0.4, -0.2) is 18.0 Å². The summed E-state index contributed by atoms with van der Waals surface area (Å²) in [5.74, 6) is -0.988. The molecule has 0 aromatic heterocycles. The van der Waals surface area contributed by atoms with E-state index in [1.54, 1.807) is 24.3 Å². The minimum absolute atomic E-state index is 0.403. The molecule has 4 rings (SSSR count). The van der Waals surface area contributed by atoms with Gasteiger partial charge in [-0.2, -0.15) is 0 Å². The standard InChI is InChI=1S/C23H18FNO4/c1-14(22(26)25-16-12-10-15(24)11-13-16)28-23(27)21-17-6-2-4-8-19(17)29-20-9-5-3-7-18(20)21/h2-14,21H,1H3,(H,25,26)/t14-/m0/s1. The summed E-state index contributed by atoms with van der Waals surface area (Å²) in [6, 6.07) is 19.8. The number of halogens is 1. The van der Waals surface area contributed by atoms with Crippen molar-refractivity contribution in [3.05, 3.63) is 89.7 Å². The van der Waals surface area contributed by atoms with Gasteiger partial charge in [-0.1, -0.05) is 36.4 Å². The van der Waals surface area contributed by atoms with Crippen molar-refractivity contribution >= 4 is 17.6 Å². The Bertz CT molecular complexity index is 1020. The van der Waals surface area contributed by atoms with Crippen molar-refractivity contribution in [1.29, 1.82) is 0 Å². The van der Waals surface area contributed by atoms with Gasteiger partial charge in [0.1, 0.15) is 23.2 Å². The Morgan fingerprint density at radius 2 is 1.48 bits per heavy atom. The van der Waals surface area contributed by atoms with Crippen LogP contribution in [0.5, 0.6) is 11.5 Å². The SMILES string of the molecule is C[C@H](OC(=O)C1c2ccccc2Oc2ccccc21)C(=O)Nc1ccc(F)cc1. The van der Waals surface area contributed by atoms with E-state index in [0.29, 0.717) is 28.3 Å². The zero-order valence-electron chi connectivity index (χ0n) is 15.6. The molecule has 0 saturated heterocycles. The molecule has 1 atom stereocenters. The summed E-state index contributed by atoms with van der Waals surface area (Å²) in [7, 11) is 0. The summed E-state index contributed by atoms with van der Waals surface area (Å²) in [4.78, 5) is 25.4. The zero-order chi connectivity index (χ0) is 20.4. The van der Waals surface area contributed by atoms with Crippen LogP contribution < -0.4 is 10.1 Å². The molecule has 0 fully saturated rings. The highest BCUT2D eigenvalue weighted by Gasteiger charge is 2.35. The number of amides is 1. The van der Waals surface area contributed by atoms with E-state index in [4.69, 9.17) is 9.47 Å². The van der Waals surface area contributed by atoms with Crippen molar-refractivity contribution in [1.82, 2.24) is 0 Å². The maximum Gasteiger partial charge on any atom is 0.318 e. The molecule has 3 aromatic carbocycles. The lowest BCUT2D eigenvalue weighted by Gasteiger charge is -2.27. The first-order valence-corrected chi connectivity index (χ1v) is 9.15. The Labute approximate surface area is 167 Å². The maximum atomic E-state index is 13.0. The predicted molar refractivity (Wildman–Crippen MR) is 105 cm³/mol. The van der Waals surface area contributed by atoms with E-state index in [1.165, 1.54) is 31.2 Å². The fourth-order valence-corrected chi connectivity index (χ4v) is 3.24. The lowest BCUT2D eigenvalue weighted by atomic mass is 9.88. The van der Waals surface area contributed by atoms with Gasteiger partial charge in [0, 0.05) is 16.8 Å². The Morgan fingerprint density at radius 1 is 0.931 bits per heavy atom. The number of para-hydroxylation sites is 2. The molecule has 146 valence electrons. The van der Waals surface area contributed by atoms with Gasteiger partial charge in [-0.15, -0.1) is 0 Å². The molecule has 1 aliphatic rings. The number of esters is 1. The molecule has 3 aromatic rings. The molecular formula is C23H18FNO4. The van der Waals surface area contributed by atoms with Crippen LogP contribution in [0, 0.1) is 5.82 Å². The zero-order valence-corrected chi connectivity index (χ0v) is 15.6. The van der Waals surface area contributed by atoms with Gasteiger partial charge >= 0.3 is 5.97 Å². The summed E-state index contributed by atoms with van der Waals surface area (Å²) in [6.07, 6.45) is -1.03. The lowest BCUT2D eigenvalue weighted by molar-refractivity contribution is -0.153. The number of nitrogens with one attached hydrogen (secondary N) is 1. The molecule has 0 spiro atoms. The van der Waals surface area contributed by atoms with Gasteiger partial charge in [0.15, 0.2) is 6.10 Å². The molecule has 0 bridgehead atoms. The highest BCUT2D eigenvalue weighted by molar-refractivity contribution is 5.96. The molecule has 5 nitrogen and oxygen atoms in total. The van der Waals surface area contributed by atoms with Crippen LogP contribution in [0.2, 0.25) is 0 Å². The van der Waals surface area contributed by atoms with Crippen LogP contribution in [0.15, 0.2) is 72.8 Å². The Morgan fingerprint density at radius 3 is 2.07 bits per heavy atom. The third kappa shape index (κ3) is 3.82. The van der Waals surface area contributed by atoms with Gasteiger partial charge in [0.25, 0.3) is 5.91 Å². The van der Waals surface area contributed by atoms with Crippen molar-refractivity contribution in [2.75, 3.05) is 5.32 Å². The Hall–Kier alpha value is -3.67. The molecule has 0 radical (unpaired) electrons. The average Bonchev–Trinajstić information content (AvgIpc) is 2.73. The molecule has 1 aliphatic heterocycles. The highest BCUT2D eigenvalue weighted by Crippen LogP contribution is 2.44. The minimum Gasteiger partial charge on any atom is -0.457 e. The fraction of sp³-hybridized carbons (Fsp3) is 0.130. The van der Waals surface area contributed by atoms with E-state index >= 15 is 0 Å². The number of ether oxygens (including phenoxy) is 2. The van der Waals surface area contributed by atoms with E-state index in [-0.39, 0.29) is 0 Å². The van der Waals surface area contributed by atoms with Crippen LogP contribution in [0.25, 0.3) is 0 Å². The monoisotopic (exact) mass is 391 g/mol. The second-order valence-electron chi connectivity index (χ2n) is 6.69. The van der Waals surface area contributed by atoms with Gasteiger partial charge < -0.3 is 14.8 Å². The number of rotatable bonds is 4. The van der Waals surface area contributed by atoms with Crippen molar-refractivity contribution < 1.29 is 23.5 Å². The third-order valence-corrected chi connectivity index (χ3v) is 4.69. The minimum atomic E-state index is -1.03. The maximum absolute atomic E-state index is 13.0. The summed E-state index contributed by atoms with van der Waals surface area (Å²) in [6.45, 7) is 1.49. The smallest absolute Gasteiger partial charge is 0.318 e. The first kappa shape index (κ1) is 18.7. The van der Waals surface area contributed by atoms with Crippen molar-refractivity contribution in [3.8, 4) is 11.5 Å². The molecule has 0 aliphatic carbocycles. The van der Waals surface area contributed by atoms with Gasteiger partial charge in [0.2, 0.25) is 0 Å². The van der Waals surface area contributed by atoms with Gasteiger partial charge in [-0.3, -0.25) is 9.59 Å². The first-order chi connectivity index (χ1) is 14.0. The second-order valence-corrected chi connectivity index (χ2v) is 6.69. The number of carbonyl (C=O) groups excluding carboxylic acids is 2. The number of carbonyl (C=O) groups is 2. The largest absolute Gasteiger partial charge is 0.457 e. The summed E-state index contributed by atoms with van der Waals surface area (Å²) in [5, 5.41) is 2.61. The molecular weight excluding hydrogens is 373 g/mol. The quantitative estimate of drug-likeness (QED) is 0.659. The van der Waals surface area contributed by atoms with E-state index in [1.807, 2.05) is 24.3 Å². The number of fused-ring (bicyclic) bond motifs is 2. The van der Waals surface area contributed by atoms with Crippen molar-refractivity contribution in [2.45, 2.75) is 18.9 Å². The summed E-state index contributed by atoms with van der Waals surface area (Å²) < 4.78 is 24.4. The van der Waals surface area contributed by atoms with Crippen molar-refractivity contribution in [3.63, 3.8) is 0 Å². The normalized spacial score (nSPS) is 13.4. The second kappa shape index (κ2) is 7.75. The van der Waals surface area contributed by atoms with Crippen LogP contribution >= 0.6 is 0 Å². The fourth-order valence-electron chi connectivity index (χ4n) is 3.24. The number of hydrogen-bond donors (Lipinski definition) is 1. The Balaban J connectivity index is 1.53. The molecule has 1 amide bonds. The van der Waals surface area contributed by atoms with Crippen LogP contribution in [0.3, 0.4) is 0 Å². The first-order valence-electron chi connectivity index (χ1n) is 9.15. The van der Waals surface area contributed by atoms with Gasteiger partial charge in [0.05, 0.1) is 0 Å². The van der Waals surface area contributed by atoms with E-state index < -0.39 is 29.7 Å². The van der Waals surface area contributed by atoms with Crippen LogP contribution in [0.1, 0.15) is 24.0 Å². The lowest BCUT2D eigenvalue weighted by Crippen LogP contribution is -2.32. The highest BCUT2D eigenvalue weighted by atomic mass is 19.1. The molecule has 1 N–H and O–H groups in total. The third-order valence-electron chi connectivity index (χ3n) is 4.69. The number of hydrogen-bond acceptors (Lipinski definition) is 4. The van der Waals surface area contributed by atoms with E-state index in [0.717, 1.165) is 0 Å². The number of anilines is 1. The van der Waals surface area contributed by atoms with Gasteiger partial charge in [-0.05, 0) is 43.3 Å². The molecule has 0 saturated carbocycles. The van der Waals surface area contributed by atoms with E-state index in [2.05, 4.69) is 5.32 Å². The average molecular weight is 391 g/mol. The molecule has 29 heavy (non-hydrogen) atoms. The summed E-state index contributed by atoms with van der Waals surface area (Å²) >= 11 is 0. The molecule has 1 heterocycles. The van der Waals surface area contributed by atoms with Gasteiger partial charge in [-0.25, -0.2) is 4.39 Å². The van der Waals surface area contributed by atoms with Crippen molar-refractivity contribution in [2.24, 2.45) is 0 Å². The van der Waals surface area contributed by atoms with E-state index in [9.17, 15) is 14.0 Å². The molecule has 0 unspecified atom stereocenters. The Kier molecular flexibility index (Phi) is 4.99. The topological polar surface area (TPSA) is 64.6 Å². The summed E-state index contributed by atoms with van der Waals surface area (Å²) in [5.41, 5.74) is 1.78. The van der Waals surface area contributed by atoms with Crippen LogP contribution in [-0.2, 0) is 14.3 Å². The number of benzene rings is 3. The molecule has 6 heteroatoms. The predicted octanol–water partition coefficient (Wildman–Crippen LogP) is 4.63.